The molecule has 2 N–H and O–H groups in total. The number of aliphatic hydroxyl groups is 1. The third-order valence-corrected chi connectivity index (χ3v) is 1.79. The summed E-state index contributed by atoms with van der Waals surface area (Å²) in [6.45, 7) is 6.62. The van der Waals surface area contributed by atoms with Crippen molar-refractivity contribution >= 4 is 5.95 Å². The molecule has 0 fully saturated rings. The highest BCUT2D eigenvalue weighted by atomic mass is 16.5. The van der Waals surface area contributed by atoms with Gasteiger partial charge in [0, 0.05) is 6.54 Å². The van der Waals surface area contributed by atoms with Gasteiger partial charge in [0.05, 0.1) is 12.7 Å². The number of aliphatic hydroxyl groups excluding tert-OH is 1. The van der Waals surface area contributed by atoms with Gasteiger partial charge in [-0.25, -0.2) is 0 Å². The lowest BCUT2D eigenvalue weighted by molar-refractivity contribution is 0.182. The molecular formula is C11H20N4O3. The van der Waals surface area contributed by atoms with E-state index in [9.17, 15) is 0 Å². The van der Waals surface area contributed by atoms with Crippen molar-refractivity contribution in [2.75, 3.05) is 25.1 Å². The van der Waals surface area contributed by atoms with E-state index in [-0.39, 0.29) is 31.3 Å². The Hall–Kier alpha value is -1.63. The molecule has 0 saturated heterocycles. The van der Waals surface area contributed by atoms with Crippen molar-refractivity contribution in [2.24, 2.45) is 0 Å². The average Bonchev–Trinajstić information content (AvgIpc) is 2.33. The van der Waals surface area contributed by atoms with Gasteiger partial charge in [-0.2, -0.15) is 9.97 Å². The van der Waals surface area contributed by atoms with Crippen LogP contribution in [0.4, 0.5) is 5.95 Å². The van der Waals surface area contributed by atoms with Crippen molar-refractivity contribution in [3.63, 3.8) is 0 Å². The average molecular weight is 256 g/mol. The quantitative estimate of drug-likeness (QED) is 0.712. The largest absolute Gasteiger partial charge is 0.461 e. The second-order valence-corrected chi connectivity index (χ2v) is 3.89. The highest BCUT2D eigenvalue weighted by Gasteiger charge is 2.09. The van der Waals surface area contributed by atoms with Crippen LogP contribution in [0.15, 0.2) is 0 Å². The van der Waals surface area contributed by atoms with E-state index in [4.69, 9.17) is 14.6 Å². The Labute approximate surface area is 107 Å². The predicted octanol–water partition coefficient (Wildman–Crippen LogP) is 0.852. The molecule has 0 aliphatic heterocycles. The third-order valence-electron chi connectivity index (χ3n) is 1.79. The first-order valence-electron chi connectivity index (χ1n) is 6.06. The summed E-state index contributed by atoms with van der Waals surface area (Å²) in [7, 11) is 0. The van der Waals surface area contributed by atoms with Crippen molar-refractivity contribution in [3.05, 3.63) is 0 Å². The maximum atomic E-state index is 8.71. The number of anilines is 1. The molecule has 0 aliphatic carbocycles. The van der Waals surface area contributed by atoms with Crippen molar-refractivity contribution in [2.45, 2.75) is 33.3 Å². The summed E-state index contributed by atoms with van der Waals surface area (Å²) in [5, 5.41) is 11.8. The first kappa shape index (κ1) is 14.4. The molecule has 1 rings (SSSR count). The van der Waals surface area contributed by atoms with E-state index in [1.54, 1.807) is 0 Å². The van der Waals surface area contributed by atoms with Crippen LogP contribution in [0.2, 0.25) is 0 Å². The van der Waals surface area contributed by atoms with Gasteiger partial charge in [-0.1, -0.05) is 6.92 Å². The Balaban J connectivity index is 2.81. The first-order valence-corrected chi connectivity index (χ1v) is 6.06. The molecule has 0 atom stereocenters. The van der Waals surface area contributed by atoms with Crippen molar-refractivity contribution in [1.82, 2.24) is 15.0 Å². The molecule has 0 unspecified atom stereocenters. The summed E-state index contributed by atoms with van der Waals surface area (Å²) in [6, 6.07) is 0.361. The molecule has 7 heteroatoms. The van der Waals surface area contributed by atoms with Gasteiger partial charge in [-0.3, -0.25) is 0 Å². The number of hydrogen-bond donors (Lipinski definition) is 2. The molecule has 0 amide bonds. The Bertz CT molecular complexity index is 334. The van der Waals surface area contributed by atoms with E-state index < -0.39 is 0 Å². The number of rotatable bonds is 8. The molecule has 0 radical (unpaired) electrons. The lowest BCUT2D eigenvalue weighted by atomic mass is 10.5. The molecule has 7 nitrogen and oxygen atoms in total. The third kappa shape index (κ3) is 5.13. The monoisotopic (exact) mass is 256 g/mol. The maximum Gasteiger partial charge on any atom is 0.324 e. The Kier molecular flexibility index (Phi) is 6.13. The van der Waals surface area contributed by atoms with Gasteiger partial charge in [0.15, 0.2) is 0 Å². The van der Waals surface area contributed by atoms with Crippen LogP contribution in [0.5, 0.6) is 12.0 Å². The summed E-state index contributed by atoms with van der Waals surface area (Å²) < 4.78 is 10.6. The molecule has 18 heavy (non-hydrogen) atoms. The van der Waals surface area contributed by atoms with E-state index in [1.807, 2.05) is 20.8 Å². The normalized spacial score (nSPS) is 10.5. The first-order chi connectivity index (χ1) is 8.65. The highest BCUT2D eigenvalue weighted by Crippen LogP contribution is 2.14. The van der Waals surface area contributed by atoms with E-state index >= 15 is 0 Å². The van der Waals surface area contributed by atoms with Crippen LogP contribution in [0.3, 0.4) is 0 Å². The van der Waals surface area contributed by atoms with Gasteiger partial charge < -0.3 is 19.9 Å². The summed E-state index contributed by atoms with van der Waals surface area (Å²) in [4.78, 5) is 12.2. The molecule has 0 bridgehead atoms. The van der Waals surface area contributed by atoms with E-state index in [0.29, 0.717) is 5.95 Å². The minimum absolute atomic E-state index is 0.0304. The van der Waals surface area contributed by atoms with E-state index in [1.165, 1.54) is 0 Å². The molecular weight excluding hydrogens is 236 g/mol. The second-order valence-electron chi connectivity index (χ2n) is 3.89. The molecule has 0 aromatic carbocycles. The number of aromatic nitrogens is 3. The molecule has 1 heterocycles. The molecule has 0 spiro atoms. The molecule has 102 valence electrons. The standard InChI is InChI=1S/C11H20N4O3/c1-4-5-12-9-13-10(17-7-6-16)15-11(14-9)18-8(2)3/h8,16H,4-7H2,1-3H3,(H,12,13,14,15). The fraction of sp³-hybridized carbons (Fsp3) is 0.727. The van der Waals surface area contributed by atoms with Crippen LogP contribution in [0.25, 0.3) is 0 Å². The number of ether oxygens (including phenoxy) is 2. The summed E-state index contributed by atoms with van der Waals surface area (Å²) in [5.41, 5.74) is 0. The Morgan fingerprint density at radius 1 is 1.22 bits per heavy atom. The van der Waals surface area contributed by atoms with Crippen LogP contribution < -0.4 is 14.8 Å². The molecule has 1 aromatic rings. The lowest BCUT2D eigenvalue weighted by Gasteiger charge is -2.11. The predicted molar refractivity (Wildman–Crippen MR) is 67.0 cm³/mol. The minimum atomic E-state index is -0.0935. The van der Waals surface area contributed by atoms with Crippen molar-refractivity contribution < 1.29 is 14.6 Å². The zero-order chi connectivity index (χ0) is 13.4. The Morgan fingerprint density at radius 2 is 1.94 bits per heavy atom. The van der Waals surface area contributed by atoms with Crippen LogP contribution in [0.1, 0.15) is 27.2 Å². The van der Waals surface area contributed by atoms with Gasteiger partial charge >= 0.3 is 12.0 Å². The van der Waals surface area contributed by atoms with Crippen LogP contribution >= 0.6 is 0 Å². The lowest BCUT2D eigenvalue weighted by Crippen LogP contribution is -2.14. The maximum absolute atomic E-state index is 8.71. The molecule has 0 aliphatic rings. The molecule has 1 aromatic heterocycles. The summed E-state index contributed by atoms with van der Waals surface area (Å²) in [6.07, 6.45) is 0.927. The minimum Gasteiger partial charge on any atom is -0.461 e. The van der Waals surface area contributed by atoms with Gasteiger partial charge in [0.1, 0.15) is 6.61 Å². The number of nitrogens with one attached hydrogen (secondary N) is 1. The Morgan fingerprint density at radius 3 is 2.56 bits per heavy atom. The zero-order valence-corrected chi connectivity index (χ0v) is 11.0. The highest BCUT2D eigenvalue weighted by molar-refractivity contribution is 5.27. The smallest absolute Gasteiger partial charge is 0.324 e. The summed E-state index contributed by atoms with van der Waals surface area (Å²) in [5.74, 6) is 0.412. The topological polar surface area (TPSA) is 89.4 Å². The van der Waals surface area contributed by atoms with Gasteiger partial charge in [0.2, 0.25) is 5.95 Å². The van der Waals surface area contributed by atoms with Crippen LogP contribution in [-0.2, 0) is 0 Å². The van der Waals surface area contributed by atoms with Gasteiger partial charge in [-0.15, -0.1) is 4.98 Å². The summed E-state index contributed by atoms with van der Waals surface area (Å²) >= 11 is 0. The molecule has 0 saturated carbocycles. The number of nitrogens with zero attached hydrogens (tertiary/aromatic N) is 3. The number of hydrogen-bond acceptors (Lipinski definition) is 7. The van der Waals surface area contributed by atoms with Gasteiger partial charge in [0.25, 0.3) is 0 Å². The van der Waals surface area contributed by atoms with Crippen LogP contribution in [0, 0.1) is 0 Å². The van der Waals surface area contributed by atoms with Crippen molar-refractivity contribution in [1.29, 1.82) is 0 Å². The van der Waals surface area contributed by atoms with Gasteiger partial charge in [-0.05, 0) is 20.3 Å². The second kappa shape index (κ2) is 7.65. The fourth-order valence-corrected chi connectivity index (χ4v) is 1.12. The fourth-order valence-electron chi connectivity index (χ4n) is 1.12. The SMILES string of the molecule is CCCNc1nc(OCCO)nc(OC(C)C)n1. The van der Waals surface area contributed by atoms with Crippen molar-refractivity contribution in [3.8, 4) is 12.0 Å². The van der Waals surface area contributed by atoms with Crippen LogP contribution in [-0.4, -0.2) is 45.9 Å². The van der Waals surface area contributed by atoms with E-state index in [0.717, 1.165) is 13.0 Å². The van der Waals surface area contributed by atoms with E-state index in [2.05, 4.69) is 20.3 Å². The zero-order valence-electron chi connectivity index (χ0n) is 11.0.